The van der Waals surface area contributed by atoms with Gasteiger partial charge in [-0.3, -0.25) is 19.2 Å². The van der Waals surface area contributed by atoms with E-state index in [0.717, 1.165) is 0 Å². The van der Waals surface area contributed by atoms with Gasteiger partial charge in [-0.2, -0.15) is 0 Å². The third-order valence-electron chi connectivity index (χ3n) is 2.23. The van der Waals surface area contributed by atoms with E-state index in [9.17, 15) is 19.2 Å². The number of hydrogen-bond acceptors (Lipinski definition) is 4. The highest BCUT2D eigenvalue weighted by Crippen LogP contribution is 1.97. The van der Waals surface area contributed by atoms with E-state index in [-0.39, 0.29) is 19.5 Å². The molecule has 21 heavy (non-hydrogen) atoms. The van der Waals surface area contributed by atoms with Crippen LogP contribution in [0.1, 0.15) is 13.3 Å². The Morgan fingerprint density at radius 3 is 1.86 bits per heavy atom. The molecule has 8 heteroatoms. The third-order valence-corrected chi connectivity index (χ3v) is 2.23. The minimum absolute atomic E-state index is 0.0508. The van der Waals surface area contributed by atoms with Crippen LogP contribution in [0.3, 0.4) is 0 Å². The van der Waals surface area contributed by atoms with Crippen LogP contribution in [0.5, 0.6) is 0 Å². The zero-order valence-electron chi connectivity index (χ0n) is 11.8. The van der Waals surface area contributed by atoms with E-state index in [2.05, 4.69) is 13.2 Å². The van der Waals surface area contributed by atoms with E-state index in [1.807, 2.05) is 0 Å². The molecular formula is C13H20N2O6. The molecule has 118 valence electrons. The topological polar surface area (TPSA) is 115 Å². The molecule has 0 aromatic carbocycles. The van der Waals surface area contributed by atoms with Crippen LogP contribution in [0.15, 0.2) is 25.6 Å². The first kappa shape index (κ1) is 20.7. The molecule has 0 aromatic rings. The Bertz CT molecular complexity index is 367. The molecular weight excluding hydrogens is 280 g/mol. The summed E-state index contributed by atoms with van der Waals surface area (Å²) < 4.78 is 0. The summed E-state index contributed by atoms with van der Waals surface area (Å²) in [5, 5.41) is 16.6. The van der Waals surface area contributed by atoms with Crippen molar-refractivity contribution in [2.75, 3.05) is 13.1 Å². The summed E-state index contributed by atoms with van der Waals surface area (Å²) in [5.41, 5.74) is 0. The Kier molecular flexibility index (Phi) is 12.2. The highest BCUT2D eigenvalue weighted by molar-refractivity contribution is 5.70. The van der Waals surface area contributed by atoms with Crippen LogP contribution in [0.4, 0.5) is 0 Å². The second-order valence-electron chi connectivity index (χ2n) is 3.89. The zero-order valence-corrected chi connectivity index (χ0v) is 11.8. The molecule has 0 heterocycles. The number of aliphatic carboxylic acids is 2. The molecule has 0 radical (unpaired) electrons. The smallest absolute Gasteiger partial charge is 0.308 e. The van der Waals surface area contributed by atoms with Gasteiger partial charge in [0.25, 0.3) is 0 Å². The second-order valence-corrected chi connectivity index (χ2v) is 3.89. The van der Waals surface area contributed by atoms with Gasteiger partial charge in [0.1, 0.15) is 0 Å². The van der Waals surface area contributed by atoms with Crippen LogP contribution >= 0.6 is 0 Å². The largest absolute Gasteiger partial charge is 0.481 e. The lowest BCUT2D eigenvalue weighted by atomic mass is 10.2. The predicted molar refractivity (Wildman–Crippen MR) is 75.0 cm³/mol. The van der Waals surface area contributed by atoms with Crippen LogP contribution in [-0.4, -0.2) is 57.9 Å². The van der Waals surface area contributed by atoms with Crippen molar-refractivity contribution < 1.29 is 29.4 Å². The first-order chi connectivity index (χ1) is 9.81. The molecule has 1 unspecified atom stereocenters. The maximum Gasteiger partial charge on any atom is 0.308 e. The molecule has 0 aromatic heterocycles. The number of carbonyl (C=O) groups excluding carboxylic acids is 2. The van der Waals surface area contributed by atoms with Crippen molar-refractivity contribution in [1.82, 2.24) is 9.80 Å². The Morgan fingerprint density at radius 1 is 1.10 bits per heavy atom. The van der Waals surface area contributed by atoms with E-state index >= 15 is 0 Å². The summed E-state index contributed by atoms with van der Waals surface area (Å²) in [6, 6.07) is 0. The molecule has 0 saturated carbocycles. The first-order valence-corrected chi connectivity index (χ1v) is 5.94. The van der Waals surface area contributed by atoms with E-state index in [1.54, 1.807) is 0 Å². The lowest BCUT2D eigenvalue weighted by Crippen LogP contribution is -2.26. The molecule has 0 saturated heterocycles. The Hall–Kier alpha value is -2.64. The van der Waals surface area contributed by atoms with Crippen molar-refractivity contribution >= 4 is 24.8 Å². The molecule has 0 rings (SSSR count). The molecule has 0 aliphatic rings. The van der Waals surface area contributed by atoms with Gasteiger partial charge in [0.05, 0.1) is 12.3 Å². The van der Waals surface area contributed by atoms with Gasteiger partial charge in [0.2, 0.25) is 12.8 Å². The Balaban J connectivity index is 0. The minimum Gasteiger partial charge on any atom is -0.481 e. The molecule has 0 spiro atoms. The fourth-order valence-electron chi connectivity index (χ4n) is 0.967. The molecule has 0 fully saturated rings. The first-order valence-electron chi connectivity index (χ1n) is 5.94. The lowest BCUT2D eigenvalue weighted by Gasteiger charge is -2.13. The predicted octanol–water partition coefficient (Wildman–Crippen LogP) is 0.372. The van der Waals surface area contributed by atoms with Crippen LogP contribution in [0.25, 0.3) is 0 Å². The van der Waals surface area contributed by atoms with Crippen LogP contribution in [0, 0.1) is 5.92 Å². The fourth-order valence-corrected chi connectivity index (χ4v) is 0.967. The van der Waals surface area contributed by atoms with E-state index in [0.29, 0.717) is 12.8 Å². The number of nitrogens with zero attached hydrogens (tertiary/aromatic N) is 2. The van der Waals surface area contributed by atoms with Gasteiger partial charge in [-0.15, -0.1) is 0 Å². The highest BCUT2D eigenvalue weighted by atomic mass is 16.4. The summed E-state index contributed by atoms with van der Waals surface area (Å²) >= 11 is 0. The molecule has 8 nitrogen and oxygen atoms in total. The van der Waals surface area contributed by atoms with Gasteiger partial charge in [-0.05, 0) is 12.4 Å². The van der Waals surface area contributed by atoms with E-state index in [4.69, 9.17) is 10.2 Å². The highest BCUT2D eigenvalue weighted by Gasteiger charge is 2.12. The molecule has 0 bridgehead atoms. The fraction of sp³-hybridized carbons (Fsp3) is 0.385. The number of carboxylic acid groups (broad SMARTS) is 2. The Morgan fingerprint density at radius 2 is 1.57 bits per heavy atom. The van der Waals surface area contributed by atoms with Gasteiger partial charge in [0.15, 0.2) is 0 Å². The normalized spacial score (nSPS) is 10.1. The SMILES string of the molecule is C=CN(C=O)CC(C)C(=O)O.C=CN(C=O)CCC(=O)O. The Labute approximate surface area is 122 Å². The van der Waals surface area contributed by atoms with Crippen LogP contribution < -0.4 is 0 Å². The minimum atomic E-state index is -0.922. The third kappa shape index (κ3) is 12.2. The monoisotopic (exact) mass is 300 g/mol. The number of rotatable bonds is 10. The van der Waals surface area contributed by atoms with Crippen molar-refractivity contribution in [1.29, 1.82) is 0 Å². The summed E-state index contributed by atoms with van der Waals surface area (Å²) in [5.74, 6) is -2.40. The number of hydrogen-bond donors (Lipinski definition) is 2. The number of carbonyl (C=O) groups is 4. The van der Waals surface area contributed by atoms with E-state index < -0.39 is 17.9 Å². The maximum atomic E-state index is 10.3. The van der Waals surface area contributed by atoms with Gasteiger partial charge in [-0.1, -0.05) is 20.1 Å². The van der Waals surface area contributed by atoms with Gasteiger partial charge < -0.3 is 20.0 Å². The van der Waals surface area contributed by atoms with Crippen molar-refractivity contribution in [2.45, 2.75) is 13.3 Å². The summed E-state index contributed by atoms with van der Waals surface area (Å²) in [4.78, 5) is 42.8. The van der Waals surface area contributed by atoms with Gasteiger partial charge >= 0.3 is 11.9 Å². The number of carboxylic acids is 2. The molecule has 2 amide bonds. The molecule has 0 aliphatic heterocycles. The van der Waals surface area contributed by atoms with E-state index in [1.165, 1.54) is 29.1 Å². The van der Waals surface area contributed by atoms with Crippen molar-refractivity contribution in [3.05, 3.63) is 25.6 Å². The number of amides is 2. The average Bonchev–Trinajstić information content (AvgIpc) is 2.45. The molecule has 0 aliphatic carbocycles. The zero-order chi connectivity index (χ0) is 16.8. The standard InChI is InChI=1S/C7H11NO3.C6H9NO3/c1-3-8(5-9)4-6(2)7(10)11;1-2-7(5-8)4-3-6(9)10/h3,5-6H,1,4H2,2H3,(H,10,11);2,5H,1,3-4H2,(H,9,10). The maximum absolute atomic E-state index is 10.3. The second kappa shape index (κ2) is 12.4. The molecule has 1 atom stereocenters. The van der Waals surface area contributed by atoms with Crippen molar-refractivity contribution in [3.8, 4) is 0 Å². The van der Waals surface area contributed by atoms with Crippen molar-refractivity contribution in [2.24, 2.45) is 5.92 Å². The summed E-state index contributed by atoms with van der Waals surface area (Å²) in [6.07, 6.45) is 3.62. The van der Waals surface area contributed by atoms with Gasteiger partial charge in [-0.25, -0.2) is 0 Å². The molecule has 2 N–H and O–H groups in total. The van der Waals surface area contributed by atoms with Crippen LogP contribution in [-0.2, 0) is 19.2 Å². The van der Waals surface area contributed by atoms with Crippen LogP contribution in [0.2, 0.25) is 0 Å². The van der Waals surface area contributed by atoms with Crippen molar-refractivity contribution in [3.63, 3.8) is 0 Å². The summed E-state index contributed by atoms with van der Waals surface area (Å²) in [6.45, 7) is 8.54. The summed E-state index contributed by atoms with van der Waals surface area (Å²) in [7, 11) is 0. The lowest BCUT2D eigenvalue weighted by molar-refractivity contribution is -0.142. The van der Waals surface area contributed by atoms with Gasteiger partial charge in [0, 0.05) is 13.1 Å². The quantitative estimate of drug-likeness (QED) is 0.563. The average molecular weight is 300 g/mol.